The molecule has 0 aliphatic carbocycles. The Morgan fingerprint density at radius 1 is 0.269 bits per heavy atom. The smallest absolute Gasteiger partial charge is 0.306 e. The Kier molecular flexibility index (Phi) is 62.3. The van der Waals surface area contributed by atoms with Crippen LogP contribution in [0, 0.1) is 0 Å². The van der Waals surface area contributed by atoms with Crippen molar-refractivity contribution in [2.75, 3.05) is 13.2 Å². The van der Waals surface area contributed by atoms with Gasteiger partial charge in [0.2, 0.25) is 0 Å². The van der Waals surface area contributed by atoms with Crippen LogP contribution in [-0.4, -0.2) is 37.2 Å². The first-order valence-corrected chi connectivity index (χ1v) is 32.9. The van der Waals surface area contributed by atoms with Gasteiger partial charge in [-0.05, 0) is 96.3 Å². The second-order valence-corrected chi connectivity index (χ2v) is 21.6. The van der Waals surface area contributed by atoms with Gasteiger partial charge in [-0.15, -0.1) is 0 Å². The molecule has 0 spiro atoms. The van der Waals surface area contributed by atoms with Crippen molar-refractivity contribution >= 4 is 17.9 Å². The minimum Gasteiger partial charge on any atom is -0.462 e. The molecule has 0 aromatic carbocycles. The Morgan fingerprint density at radius 3 is 0.833 bits per heavy atom. The number of allylic oxidation sites excluding steroid dienone is 18. The number of hydrogen-bond donors (Lipinski definition) is 0. The highest BCUT2D eigenvalue weighted by Gasteiger charge is 2.19. The van der Waals surface area contributed by atoms with Gasteiger partial charge >= 0.3 is 17.9 Å². The number of ether oxygens (including phenoxy) is 3. The quantitative estimate of drug-likeness (QED) is 0.0261. The van der Waals surface area contributed by atoms with E-state index in [1.807, 2.05) is 6.08 Å². The fraction of sp³-hybridized carbons (Fsp3) is 0.708. The molecule has 0 saturated carbocycles. The Labute approximate surface area is 482 Å². The van der Waals surface area contributed by atoms with Crippen LogP contribution in [0.2, 0.25) is 0 Å². The van der Waals surface area contributed by atoms with Crippen molar-refractivity contribution in [2.45, 2.75) is 316 Å². The summed E-state index contributed by atoms with van der Waals surface area (Å²) < 4.78 is 16.9. The molecule has 0 aromatic heterocycles. The van der Waals surface area contributed by atoms with Crippen molar-refractivity contribution in [1.82, 2.24) is 0 Å². The van der Waals surface area contributed by atoms with E-state index in [1.54, 1.807) is 0 Å². The molecule has 0 aliphatic rings. The van der Waals surface area contributed by atoms with E-state index in [9.17, 15) is 14.4 Å². The molecule has 6 heteroatoms. The molecule has 446 valence electrons. The molecule has 6 nitrogen and oxygen atoms in total. The number of rotatable bonds is 59. The van der Waals surface area contributed by atoms with Gasteiger partial charge in [-0.3, -0.25) is 14.4 Å². The van der Waals surface area contributed by atoms with Gasteiger partial charge in [0.25, 0.3) is 0 Å². The number of carbonyl (C=O) groups excluding carboxylic acids is 3. The first-order valence-electron chi connectivity index (χ1n) is 32.9. The molecule has 0 aliphatic heterocycles. The van der Waals surface area contributed by atoms with Gasteiger partial charge in [0, 0.05) is 19.3 Å². The summed E-state index contributed by atoms with van der Waals surface area (Å²) in [6.45, 7) is 6.48. The van der Waals surface area contributed by atoms with E-state index in [4.69, 9.17) is 14.2 Å². The third kappa shape index (κ3) is 62.9. The molecule has 0 aromatic rings. The summed E-state index contributed by atoms with van der Waals surface area (Å²) in [5.41, 5.74) is 0. The zero-order valence-corrected chi connectivity index (χ0v) is 51.2. The minimum atomic E-state index is -0.824. The maximum atomic E-state index is 12.9. The lowest BCUT2D eigenvalue weighted by Gasteiger charge is -2.18. The second kappa shape index (κ2) is 65.6. The lowest BCUT2D eigenvalue weighted by molar-refractivity contribution is -0.166. The summed E-state index contributed by atoms with van der Waals surface area (Å²) in [5.74, 6) is -0.991. The zero-order chi connectivity index (χ0) is 56.4. The maximum absolute atomic E-state index is 12.9. The predicted molar refractivity (Wildman–Crippen MR) is 339 cm³/mol. The van der Waals surface area contributed by atoms with Crippen molar-refractivity contribution in [3.05, 3.63) is 109 Å². The van der Waals surface area contributed by atoms with Crippen LogP contribution in [0.25, 0.3) is 0 Å². The highest BCUT2D eigenvalue weighted by molar-refractivity contribution is 5.71. The number of carbonyl (C=O) groups is 3. The molecule has 0 N–H and O–H groups in total. The molecule has 0 radical (unpaired) electrons. The van der Waals surface area contributed by atoms with E-state index in [-0.39, 0.29) is 31.6 Å². The topological polar surface area (TPSA) is 78.9 Å². The lowest BCUT2D eigenvalue weighted by atomic mass is 10.0. The normalized spacial score (nSPS) is 12.8. The summed E-state index contributed by atoms with van der Waals surface area (Å²) >= 11 is 0. The van der Waals surface area contributed by atoms with E-state index in [0.717, 1.165) is 96.3 Å². The molecule has 0 amide bonds. The van der Waals surface area contributed by atoms with Crippen LogP contribution in [0.3, 0.4) is 0 Å². The SMILES string of the molecule is CC/C=C\C/C=C\C/C=C\C/C=C\C/C=C\C/C=C\CCC(=O)OC(COC(=O)CCCCCCCCCC/C=C\C/C=C\C/C=C\CCCCCCC)COC(=O)CCCCCCCCCCCCCCCCCCCC. The molecule has 0 rings (SSSR count). The van der Waals surface area contributed by atoms with Gasteiger partial charge in [0.05, 0.1) is 0 Å². The van der Waals surface area contributed by atoms with Gasteiger partial charge in [-0.1, -0.05) is 304 Å². The van der Waals surface area contributed by atoms with Crippen molar-refractivity contribution in [3.63, 3.8) is 0 Å². The summed E-state index contributed by atoms with van der Waals surface area (Å²) in [6.07, 6.45) is 89.6. The van der Waals surface area contributed by atoms with Crippen molar-refractivity contribution in [1.29, 1.82) is 0 Å². The first kappa shape index (κ1) is 74.1. The van der Waals surface area contributed by atoms with Crippen LogP contribution in [0.1, 0.15) is 310 Å². The van der Waals surface area contributed by atoms with Crippen molar-refractivity contribution < 1.29 is 28.6 Å². The minimum absolute atomic E-state index is 0.109. The highest BCUT2D eigenvalue weighted by Crippen LogP contribution is 2.16. The molecule has 0 fully saturated rings. The van der Waals surface area contributed by atoms with Gasteiger partial charge in [0.1, 0.15) is 13.2 Å². The van der Waals surface area contributed by atoms with Crippen LogP contribution in [0.4, 0.5) is 0 Å². The highest BCUT2D eigenvalue weighted by atomic mass is 16.6. The molecule has 78 heavy (non-hydrogen) atoms. The standard InChI is InChI=1S/C72H122O6/c1-4-7-10-13-16-19-22-25-28-31-34-35-36-37-39-41-44-47-50-53-56-59-62-65-71(74)77-68-69(67-76-70(73)64-61-58-55-52-49-46-43-40-33-30-27-24-21-18-15-12-9-6-3)78-72(75)66-63-60-57-54-51-48-45-42-38-32-29-26-23-20-17-14-11-8-5-2/h8,11,17,20,22,25-26,29,31,34,36-38,42,48,51,57,60,69H,4-7,9-10,12-16,18-19,21,23-24,27-28,30,32-33,35,39-41,43-47,49-50,52-56,58-59,61-68H2,1-3H3/b11-8-,20-17-,25-22-,29-26-,34-31-,37-36-,42-38-,51-48-,60-57-. The maximum Gasteiger partial charge on any atom is 0.306 e. The van der Waals surface area contributed by atoms with Gasteiger partial charge in [-0.25, -0.2) is 0 Å². The van der Waals surface area contributed by atoms with E-state index in [0.29, 0.717) is 19.3 Å². The fourth-order valence-electron chi connectivity index (χ4n) is 9.12. The van der Waals surface area contributed by atoms with Crippen molar-refractivity contribution in [2.24, 2.45) is 0 Å². The summed E-state index contributed by atoms with van der Waals surface area (Å²) in [7, 11) is 0. The van der Waals surface area contributed by atoms with Gasteiger partial charge in [-0.2, -0.15) is 0 Å². The molecule has 0 bridgehead atoms. The van der Waals surface area contributed by atoms with Crippen LogP contribution in [0.15, 0.2) is 109 Å². The monoisotopic (exact) mass is 1080 g/mol. The summed E-state index contributed by atoms with van der Waals surface area (Å²) in [4.78, 5) is 38.3. The largest absolute Gasteiger partial charge is 0.462 e. The molecule has 1 unspecified atom stereocenters. The second-order valence-electron chi connectivity index (χ2n) is 21.6. The van der Waals surface area contributed by atoms with Crippen LogP contribution in [0.5, 0.6) is 0 Å². The number of unbranched alkanes of at least 4 members (excludes halogenated alkanes) is 30. The Hall–Kier alpha value is -3.93. The average molecular weight is 1080 g/mol. The average Bonchev–Trinajstić information content (AvgIpc) is 3.44. The van der Waals surface area contributed by atoms with Crippen molar-refractivity contribution in [3.8, 4) is 0 Å². The van der Waals surface area contributed by atoms with Crippen LogP contribution < -0.4 is 0 Å². The van der Waals surface area contributed by atoms with Gasteiger partial charge in [0.15, 0.2) is 6.10 Å². The Bertz CT molecular complexity index is 1570. The molecule has 0 heterocycles. The third-order valence-corrected chi connectivity index (χ3v) is 14.0. The molecule has 0 saturated heterocycles. The van der Waals surface area contributed by atoms with Crippen LogP contribution >= 0.6 is 0 Å². The van der Waals surface area contributed by atoms with E-state index >= 15 is 0 Å². The van der Waals surface area contributed by atoms with Crippen LogP contribution in [-0.2, 0) is 28.6 Å². The van der Waals surface area contributed by atoms with E-state index in [2.05, 4.69) is 124 Å². The first-order chi connectivity index (χ1) is 38.5. The van der Waals surface area contributed by atoms with Gasteiger partial charge < -0.3 is 14.2 Å². The van der Waals surface area contributed by atoms with E-state index in [1.165, 1.54) is 167 Å². The zero-order valence-electron chi connectivity index (χ0n) is 51.2. The molecule has 1 atom stereocenters. The number of hydrogen-bond acceptors (Lipinski definition) is 6. The lowest BCUT2D eigenvalue weighted by Crippen LogP contribution is -2.30. The summed E-state index contributed by atoms with van der Waals surface area (Å²) in [5, 5.41) is 0. The fourth-order valence-corrected chi connectivity index (χ4v) is 9.12. The number of esters is 3. The summed E-state index contributed by atoms with van der Waals surface area (Å²) in [6, 6.07) is 0. The third-order valence-electron chi connectivity index (χ3n) is 14.0. The Balaban J connectivity index is 4.48. The molecular weight excluding hydrogens is 961 g/mol. The molecular formula is C72H122O6. The van der Waals surface area contributed by atoms with E-state index < -0.39 is 12.1 Å². The predicted octanol–water partition coefficient (Wildman–Crippen LogP) is 22.6. The Morgan fingerprint density at radius 2 is 0.526 bits per heavy atom.